The molecule has 0 aromatic carbocycles. The van der Waals surface area contributed by atoms with Gasteiger partial charge in [-0.25, -0.2) is 4.39 Å². The highest BCUT2D eigenvalue weighted by atomic mass is 28.2. The summed E-state index contributed by atoms with van der Waals surface area (Å²) in [4.78, 5) is 9.43. The molecule has 0 aliphatic heterocycles. The number of carbonyl (C=O) groups is 1. The number of aldehydes is 1. The van der Waals surface area contributed by atoms with Gasteiger partial charge in [-0.05, 0) is 0 Å². The largest absolute Gasteiger partial charge is 0.390 e. The first kappa shape index (κ1) is 6.78. The van der Waals surface area contributed by atoms with E-state index in [4.69, 9.17) is 0 Å². The summed E-state index contributed by atoms with van der Waals surface area (Å²) in [6.45, 7) is 0. The van der Waals surface area contributed by atoms with Crippen LogP contribution >= 0.6 is 0 Å². The maximum Gasteiger partial charge on any atom is 0.250 e. The van der Waals surface area contributed by atoms with E-state index in [0.717, 1.165) is 0 Å². The highest BCUT2D eigenvalue weighted by molar-refractivity contribution is 5.98. The second-order valence-corrected chi connectivity index (χ2v) is 1.17. The van der Waals surface area contributed by atoms with Crippen molar-refractivity contribution in [2.45, 2.75) is 12.8 Å². The molecule has 0 aliphatic carbocycles. The van der Waals surface area contributed by atoms with Gasteiger partial charge in [0.1, 0.15) is 6.29 Å². The van der Waals surface area contributed by atoms with Crippen LogP contribution in [-0.4, -0.2) is 23.1 Å². The Labute approximate surface area is 44.2 Å². The van der Waals surface area contributed by atoms with Gasteiger partial charge in [-0.15, -0.1) is 0 Å². The summed E-state index contributed by atoms with van der Waals surface area (Å²) in [5, 5.41) is 0. The van der Waals surface area contributed by atoms with Gasteiger partial charge in [-0.2, -0.15) is 0 Å². The normalized spacial score (nSPS) is 13.4. The first-order valence-electron chi connectivity index (χ1n) is 1.71. The topological polar surface area (TPSA) is 26.3 Å². The molecule has 0 aromatic heterocycles. The third-order valence-corrected chi connectivity index (χ3v) is 0.665. The third-order valence-electron chi connectivity index (χ3n) is 0.409. The average molecular weight is 119 g/mol. The summed E-state index contributed by atoms with van der Waals surface area (Å²) in [5.41, 5.74) is 0. The molecule has 0 bridgehead atoms. The van der Waals surface area contributed by atoms with E-state index >= 15 is 0 Å². The molecule has 2 nitrogen and oxygen atoms in total. The number of halogens is 1. The minimum absolute atomic E-state index is 0.219. The summed E-state index contributed by atoms with van der Waals surface area (Å²) in [7, 11) is 2.43. The van der Waals surface area contributed by atoms with Crippen molar-refractivity contribution in [3.05, 3.63) is 0 Å². The van der Waals surface area contributed by atoms with Crippen molar-refractivity contribution in [1.82, 2.24) is 0 Å². The van der Waals surface area contributed by atoms with E-state index in [2.05, 4.69) is 14.9 Å². The third kappa shape index (κ3) is 3.61. The maximum absolute atomic E-state index is 11.6. The molecule has 1 unspecified atom stereocenters. The summed E-state index contributed by atoms with van der Waals surface area (Å²) in [5.74, 6) is 0. The van der Waals surface area contributed by atoms with Crippen molar-refractivity contribution < 1.29 is 13.6 Å². The zero-order chi connectivity index (χ0) is 5.70. The Bertz CT molecular complexity index is 58.9. The van der Waals surface area contributed by atoms with E-state index in [-0.39, 0.29) is 6.42 Å². The minimum Gasteiger partial charge on any atom is -0.390 e. The van der Waals surface area contributed by atoms with Crippen molar-refractivity contribution in [3.63, 3.8) is 0 Å². The lowest BCUT2D eigenvalue weighted by atomic mass is 10.5. The quantitative estimate of drug-likeness (QED) is 0.385. The summed E-state index contributed by atoms with van der Waals surface area (Å²) in [6, 6.07) is 0. The van der Waals surface area contributed by atoms with Crippen molar-refractivity contribution in [2.24, 2.45) is 0 Å². The summed E-state index contributed by atoms with van der Waals surface area (Å²) >= 11 is 0. The van der Waals surface area contributed by atoms with Gasteiger partial charge in [0.2, 0.25) is 10.5 Å². The van der Waals surface area contributed by atoms with Gasteiger partial charge in [0.25, 0.3) is 0 Å². The Morgan fingerprint density at radius 2 is 2.57 bits per heavy atom. The zero-order valence-corrected chi connectivity index (χ0v) is 4.56. The fraction of sp³-hybridized carbons (Fsp3) is 0.667. The first-order valence-corrected chi connectivity index (χ1v) is 2.12. The molecule has 0 saturated heterocycles. The van der Waals surface area contributed by atoms with Crippen molar-refractivity contribution >= 4 is 16.8 Å². The fourth-order valence-electron chi connectivity index (χ4n) is 0.124. The van der Waals surface area contributed by atoms with E-state index < -0.39 is 6.36 Å². The monoisotopic (exact) mass is 119 g/mol. The lowest BCUT2D eigenvalue weighted by molar-refractivity contribution is -0.110. The number of hydrogen-bond acceptors (Lipinski definition) is 2. The molecule has 39 valence electrons. The SMILES string of the molecule is O=CCC(F)O[Si]. The van der Waals surface area contributed by atoms with Gasteiger partial charge in [0.15, 0.2) is 6.36 Å². The van der Waals surface area contributed by atoms with Crippen LogP contribution in [0.15, 0.2) is 0 Å². The van der Waals surface area contributed by atoms with Crippen LogP contribution < -0.4 is 0 Å². The second-order valence-electron chi connectivity index (χ2n) is 0.930. The molecule has 0 rings (SSSR count). The second kappa shape index (κ2) is 3.95. The number of carbonyl (C=O) groups excluding carboxylic acids is 1. The number of alkyl halides is 1. The van der Waals surface area contributed by atoms with E-state index in [0.29, 0.717) is 6.29 Å². The molecule has 0 spiro atoms. The molecule has 0 N–H and O–H groups in total. The molecule has 0 aliphatic rings. The fourth-order valence-corrected chi connectivity index (χ4v) is 0.220. The van der Waals surface area contributed by atoms with E-state index in [9.17, 15) is 9.18 Å². The molecular weight excluding hydrogens is 115 g/mol. The van der Waals surface area contributed by atoms with Crippen LogP contribution in [0.2, 0.25) is 0 Å². The molecular formula is C3H4FO2Si. The van der Waals surface area contributed by atoms with Crippen LogP contribution in [0.4, 0.5) is 4.39 Å². The molecule has 0 fully saturated rings. The molecule has 4 heteroatoms. The lowest BCUT2D eigenvalue weighted by Gasteiger charge is -1.96. The highest BCUT2D eigenvalue weighted by Gasteiger charge is 1.98. The van der Waals surface area contributed by atoms with Crippen LogP contribution in [0.25, 0.3) is 0 Å². The van der Waals surface area contributed by atoms with E-state index in [1.807, 2.05) is 0 Å². The van der Waals surface area contributed by atoms with Gasteiger partial charge < -0.3 is 9.22 Å². The standard InChI is InChI=1S/C3H4FO2Si/c4-3(6-7)1-2-5/h2-3H,1H2. The van der Waals surface area contributed by atoms with Crippen molar-refractivity contribution in [3.8, 4) is 0 Å². The van der Waals surface area contributed by atoms with E-state index in [1.165, 1.54) is 0 Å². The van der Waals surface area contributed by atoms with Crippen molar-refractivity contribution in [1.29, 1.82) is 0 Å². The Hall–Kier alpha value is -0.223. The molecule has 1 atom stereocenters. The minimum atomic E-state index is -1.51. The molecule has 3 radical (unpaired) electrons. The van der Waals surface area contributed by atoms with Gasteiger partial charge in [0, 0.05) is 0 Å². The Morgan fingerprint density at radius 3 is 2.71 bits per heavy atom. The van der Waals surface area contributed by atoms with Gasteiger partial charge >= 0.3 is 0 Å². The first-order chi connectivity index (χ1) is 3.31. The van der Waals surface area contributed by atoms with Crippen LogP contribution in [0.5, 0.6) is 0 Å². The molecule has 0 saturated carbocycles. The summed E-state index contributed by atoms with van der Waals surface area (Å²) < 4.78 is 15.5. The van der Waals surface area contributed by atoms with Crippen LogP contribution in [0.3, 0.4) is 0 Å². The van der Waals surface area contributed by atoms with Gasteiger partial charge in [0.05, 0.1) is 6.42 Å². The molecule has 0 heterocycles. The van der Waals surface area contributed by atoms with Crippen LogP contribution in [0, 0.1) is 0 Å². The average Bonchev–Trinajstić information content (AvgIpc) is 1.68. The molecule has 0 amide bonds. The Balaban J connectivity index is 2.98. The number of rotatable bonds is 3. The smallest absolute Gasteiger partial charge is 0.250 e. The maximum atomic E-state index is 11.6. The van der Waals surface area contributed by atoms with Gasteiger partial charge in [-0.3, -0.25) is 0 Å². The summed E-state index contributed by atoms with van der Waals surface area (Å²) in [6.07, 6.45) is -1.27. The van der Waals surface area contributed by atoms with Crippen LogP contribution in [0.1, 0.15) is 6.42 Å². The predicted molar refractivity (Wildman–Crippen MR) is 22.4 cm³/mol. The molecule has 0 aromatic rings. The Kier molecular flexibility index (Phi) is 3.82. The number of hydrogen-bond donors (Lipinski definition) is 0. The highest BCUT2D eigenvalue weighted by Crippen LogP contribution is 1.91. The zero-order valence-electron chi connectivity index (χ0n) is 3.56. The predicted octanol–water partition coefficient (Wildman–Crippen LogP) is -0.0289. The van der Waals surface area contributed by atoms with E-state index in [1.54, 1.807) is 0 Å². The Morgan fingerprint density at radius 1 is 2.00 bits per heavy atom. The van der Waals surface area contributed by atoms with Gasteiger partial charge in [-0.1, -0.05) is 0 Å². The molecule has 7 heavy (non-hydrogen) atoms. The lowest BCUT2D eigenvalue weighted by Crippen LogP contribution is -2.02. The van der Waals surface area contributed by atoms with Crippen LogP contribution in [-0.2, 0) is 9.22 Å². The van der Waals surface area contributed by atoms with Crippen molar-refractivity contribution in [2.75, 3.05) is 0 Å².